The highest BCUT2D eigenvalue weighted by atomic mass is 35.5. The summed E-state index contributed by atoms with van der Waals surface area (Å²) in [6.45, 7) is 1.65. The predicted octanol–water partition coefficient (Wildman–Crippen LogP) is 4.15. The molecule has 0 aliphatic carbocycles. The Morgan fingerprint density at radius 2 is 1.79 bits per heavy atom. The Balaban J connectivity index is 1.93. The molecule has 0 fully saturated rings. The number of anilines is 1. The maximum atomic E-state index is 14.5. The van der Waals surface area contributed by atoms with Gasteiger partial charge >= 0.3 is 0 Å². The van der Waals surface area contributed by atoms with Crippen molar-refractivity contribution in [2.75, 3.05) is 49.6 Å². The fourth-order valence-electron chi connectivity index (χ4n) is 4.40. The molecule has 12 nitrogen and oxygen atoms in total. The van der Waals surface area contributed by atoms with Gasteiger partial charge in [-0.05, 0) is 61.8 Å². The van der Waals surface area contributed by atoms with Crippen LogP contribution in [0.5, 0.6) is 11.5 Å². The van der Waals surface area contributed by atoms with E-state index in [-0.39, 0.29) is 41.0 Å². The van der Waals surface area contributed by atoms with Gasteiger partial charge in [0.25, 0.3) is 5.91 Å². The number of halogens is 1. The summed E-state index contributed by atoms with van der Waals surface area (Å²) in [5.74, 6) is 1.23. The molecule has 0 aliphatic rings. The lowest BCUT2D eigenvalue weighted by Crippen LogP contribution is -2.42. The van der Waals surface area contributed by atoms with Gasteiger partial charge in [-0.1, -0.05) is 17.7 Å². The van der Waals surface area contributed by atoms with Crippen LogP contribution in [0.4, 0.5) is 5.95 Å². The van der Waals surface area contributed by atoms with E-state index >= 15 is 0 Å². The lowest BCUT2D eigenvalue weighted by atomic mass is 10.1. The van der Waals surface area contributed by atoms with Crippen molar-refractivity contribution in [1.82, 2.24) is 19.7 Å². The number of hydrogen-bond donors (Lipinski definition) is 1. The van der Waals surface area contributed by atoms with Gasteiger partial charge in [0.1, 0.15) is 17.2 Å². The standard InChI is InChI=1S/C28H35ClN6O6S2/c1-18(15-21-20(26(30)36)16-19(29)17-31-21)43(37,38)34(12-14-42(4,5)6)28-33-32-27(24-11-8-13-41-24)35(28)25-22(39-2)9-7-10-23(25)40-3/h7-11,13,16-18H,12,14-15H2,1-6H3,(H2,30,36)/t18-/m0/s1. The van der Waals surface area contributed by atoms with E-state index in [0.717, 1.165) is 0 Å². The van der Waals surface area contributed by atoms with Crippen LogP contribution < -0.4 is 19.5 Å². The van der Waals surface area contributed by atoms with E-state index in [1.54, 1.807) is 41.8 Å². The second-order valence-electron chi connectivity index (χ2n) is 10.6. The van der Waals surface area contributed by atoms with Crippen molar-refractivity contribution in [2.45, 2.75) is 18.6 Å². The number of furan rings is 1. The zero-order valence-electron chi connectivity index (χ0n) is 24.8. The molecule has 3 aromatic heterocycles. The number of aromatic nitrogens is 4. The number of primary amides is 1. The van der Waals surface area contributed by atoms with Crippen LogP contribution in [0.25, 0.3) is 17.3 Å². The number of sulfonamides is 1. The second-order valence-corrected chi connectivity index (χ2v) is 17.9. The van der Waals surface area contributed by atoms with Crippen molar-refractivity contribution in [3.8, 4) is 28.8 Å². The lowest BCUT2D eigenvalue weighted by molar-refractivity contribution is 0.0999. The van der Waals surface area contributed by atoms with Crippen molar-refractivity contribution < 1.29 is 27.1 Å². The zero-order chi connectivity index (χ0) is 31.5. The minimum Gasteiger partial charge on any atom is -0.494 e. The minimum atomic E-state index is -4.17. The average Bonchev–Trinajstić information content (AvgIpc) is 3.63. The molecule has 2 N–H and O–H groups in total. The number of amides is 1. The highest BCUT2D eigenvalue weighted by Crippen LogP contribution is 2.40. The fourth-order valence-corrected chi connectivity index (χ4v) is 6.90. The summed E-state index contributed by atoms with van der Waals surface area (Å²) in [5.41, 5.74) is 6.23. The van der Waals surface area contributed by atoms with E-state index in [4.69, 9.17) is 31.2 Å². The van der Waals surface area contributed by atoms with Gasteiger partial charge in [0, 0.05) is 19.2 Å². The molecule has 1 atom stereocenters. The van der Waals surface area contributed by atoms with Gasteiger partial charge in [-0.25, -0.2) is 22.8 Å². The van der Waals surface area contributed by atoms with Gasteiger partial charge in [-0.15, -0.1) is 10.2 Å². The number of para-hydroxylation sites is 1. The van der Waals surface area contributed by atoms with Crippen LogP contribution in [0.2, 0.25) is 5.02 Å². The summed E-state index contributed by atoms with van der Waals surface area (Å²) in [6, 6.07) is 9.99. The van der Waals surface area contributed by atoms with Gasteiger partial charge in [-0.3, -0.25) is 14.3 Å². The first-order valence-corrected chi connectivity index (χ1v) is 18.0. The van der Waals surface area contributed by atoms with Gasteiger partial charge in [0.05, 0.1) is 42.0 Å². The third kappa shape index (κ3) is 6.92. The number of benzene rings is 1. The molecular weight excluding hydrogens is 616 g/mol. The Kier molecular flexibility index (Phi) is 9.62. The largest absolute Gasteiger partial charge is 0.494 e. The molecule has 4 aromatic rings. The maximum Gasteiger partial charge on any atom is 0.250 e. The quantitative estimate of drug-likeness (QED) is 0.225. The van der Waals surface area contributed by atoms with Crippen LogP contribution in [0, 0.1) is 0 Å². The summed E-state index contributed by atoms with van der Waals surface area (Å²) >= 11 is 6.03. The minimum absolute atomic E-state index is 0.0175. The van der Waals surface area contributed by atoms with Crippen LogP contribution in [0.3, 0.4) is 0 Å². The van der Waals surface area contributed by atoms with E-state index in [9.17, 15) is 13.2 Å². The molecule has 0 saturated carbocycles. The number of hydrogen-bond acceptors (Lipinski definition) is 9. The third-order valence-corrected chi connectivity index (χ3v) is 10.4. The Labute approximate surface area is 257 Å². The molecule has 0 aliphatic heterocycles. The number of methoxy groups -OCH3 is 2. The van der Waals surface area contributed by atoms with Crippen molar-refractivity contribution in [3.63, 3.8) is 0 Å². The van der Waals surface area contributed by atoms with Crippen molar-refractivity contribution >= 4 is 43.5 Å². The molecule has 3 heterocycles. The van der Waals surface area contributed by atoms with Crippen molar-refractivity contribution in [1.29, 1.82) is 0 Å². The number of carbonyl (C=O) groups excluding carboxylic acids is 1. The predicted molar refractivity (Wildman–Crippen MR) is 170 cm³/mol. The first kappa shape index (κ1) is 32.2. The van der Waals surface area contributed by atoms with Crippen LogP contribution in [-0.2, 0) is 16.4 Å². The third-order valence-electron chi connectivity index (χ3n) is 6.64. The topological polar surface area (TPSA) is 156 Å². The summed E-state index contributed by atoms with van der Waals surface area (Å²) < 4.78 is 48.8. The SMILES string of the molecule is COc1cccc(OC)c1-n1c(-c2ccco2)nnc1N(CCS(C)(C)C)S(=O)(=O)[C@@H](C)Cc1ncc(Cl)cc1C(N)=O. The van der Waals surface area contributed by atoms with Gasteiger partial charge in [0.2, 0.25) is 21.8 Å². The number of ether oxygens (including phenoxy) is 2. The van der Waals surface area contributed by atoms with Gasteiger partial charge in [-0.2, -0.15) is 0 Å². The molecule has 232 valence electrons. The number of rotatable bonds is 13. The van der Waals surface area contributed by atoms with Crippen molar-refractivity contribution in [3.05, 3.63) is 65.1 Å². The Morgan fingerprint density at radius 1 is 1.12 bits per heavy atom. The molecule has 4 rings (SSSR count). The van der Waals surface area contributed by atoms with Gasteiger partial charge in [0.15, 0.2) is 5.76 Å². The number of nitrogens with two attached hydrogens (primary N) is 1. The summed E-state index contributed by atoms with van der Waals surface area (Å²) in [7, 11) is -2.31. The number of nitrogens with zero attached hydrogens (tertiary/aromatic N) is 5. The van der Waals surface area contributed by atoms with E-state index in [2.05, 4.69) is 33.9 Å². The van der Waals surface area contributed by atoms with E-state index in [1.807, 2.05) is 0 Å². The Morgan fingerprint density at radius 3 is 2.35 bits per heavy atom. The molecule has 0 saturated heterocycles. The molecule has 0 spiro atoms. The van der Waals surface area contributed by atoms with E-state index in [1.165, 1.54) is 37.1 Å². The molecule has 1 aromatic carbocycles. The number of pyridine rings is 1. The smallest absolute Gasteiger partial charge is 0.250 e. The summed E-state index contributed by atoms with van der Waals surface area (Å²) in [5, 5.41) is 7.94. The first-order valence-electron chi connectivity index (χ1n) is 13.1. The highest BCUT2D eigenvalue weighted by Gasteiger charge is 2.36. The van der Waals surface area contributed by atoms with Crippen molar-refractivity contribution in [2.24, 2.45) is 5.73 Å². The maximum absolute atomic E-state index is 14.5. The highest BCUT2D eigenvalue weighted by molar-refractivity contribution is 8.32. The van der Waals surface area contributed by atoms with Crippen LogP contribution in [0.1, 0.15) is 23.0 Å². The van der Waals surface area contributed by atoms with E-state index in [0.29, 0.717) is 28.7 Å². The number of carbonyl (C=O) groups is 1. The van der Waals surface area contributed by atoms with Crippen LogP contribution >= 0.6 is 21.6 Å². The second kappa shape index (κ2) is 12.9. The molecule has 15 heteroatoms. The van der Waals surface area contributed by atoms with Gasteiger partial charge < -0.3 is 19.6 Å². The molecule has 1 amide bonds. The normalized spacial score (nSPS) is 13.0. The monoisotopic (exact) mass is 650 g/mol. The summed E-state index contributed by atoms with van der Waals surface area (Å²) in [4.78, 5) is 16.4. The first-order chi connectivity index (χ1) is 20.3. The summed E-state index contributed by atoms with van der Waals surface area (Å²) in [6.07, 6.45) is 9.03. The molecular formula is C28H35ClN6O6S2. The Bertz CT molecular complexity index is 1680. The fraction of sp³-hybridized carbons (Fsp3) is 0.357. The molecule has 43 heavy (non-hydrogen) atoms. The Hall–Kier alpha value is -3.75. The van der Waals surface area contributed by atoms with E-state index < -0.39 is 31.2 Å². The molecule has 0 radical (unpaired) electrons. The average molecular weight is 651 g/mol. The molecule has 0 unspecified atom stereocenters. The zero-order valence-corrected chi connectivity index (χ0v) is 27.2. The van der Waals surface area contributed by atoms with Crippen LogP contribution in [-0.4, -0.2) is 84.6 Å². The van der Waals surface area contributed by atoms with Crippen LogP contribution in [0.15, 0.2) is 53.3 Å². The lowest BCUT2D eigenvalue weighted by Gasteiger charge is -2.32. The molecule has 0 bridgehead atoms.